The first-order valence-electron chi connectivity index (χ1n) is 10.4. The third-order valence-electron chi connectivity index (χ3n) is 6.27. The Morgan fingerprint density at radius 3 is 2.54 bits per heavy atom. The molecule has 1 aromatic carbocycles. The molecule has 3 rings (SSSR count). The molecule has 0 radical (unpaired) electrons. The number of hydrogen-bond donors (Lipinski definition) is 2. The van der Waals surface area contributed by atoms with Gasteiger partial charge in [-0.25, -0.2) is 0 Å². The van der Waals surface area contributed by atoms with Gasteiger partial charge in [0.25, 0.3) is 0 Å². The van der Waals surface area contributed by atoms with Crippen LogP contribution in [0.3, 0.4) is 0 Å². The number of carbonyl (C=O) groups is 1. The molecule has 0 bridgehead atoms. The van der Waals surface area contributed by atoms with Gasteiger partial charge in [-0.2, -0.15) is 0 Å². The van der Waals surface area contributed by atoms with Gasteiger partial charge in [-0.1, -0.05) is 49.9 Å². The van der Waals surface area contributed by atoms with Gasteiger partial charge in [0.05, 0.1) is 0 Å². The fraction of sp³-hybridized carbons (Fsp3) is 0.682. The Balaban J connectivity index is 1.55. The first-order chi connectivity index (χ1) is 12.6. The van der Waals surface area contributed by atoms with E-state index in [0.717, 1.165) is 32.2 Å². The van der Waals surface area contributed by atoms with E-state index in [4.69, 9.17) is 5.73 Å². The minimum Gasteiger partial charge on any atom is -0.352 e. The van der Waals surface area contributed by atoms with Crippen LogP contribution in [-0.4, -0.2) is 29.9 Å². The Hall–Kier alpha value is -1.39. The molecule has 0 aliphatic heterocycles. The third kappa shape index (κ3) is 5.31. The van der Waals surface area contributed by atoms with Gasteiger partial charge in [-0.05, 0) is 50.3 Å². The minimum absolute atomic E-state index is 0.0934. The zero-order valence-electron chi connectivity index (χ0n) is 16.3. The zero-order valence-corrected chi connectivity index (χ0v) is 16.3. The van der Waals surface area contributed by atoms with E-state index in [1.54, 1.807) is 0 Å². The molecule has 1 amide bonds. The van der Waals surface area contributed by atoms with Crippen LogP contribution in [0.1, 0.15) is 68.9 Å². The summed E-state index contributed by atoms with van der Waals surface area (Å²) >= 11 is 0. The van der Waals surface area contributed by atoms with Crippen LogP contribution in [0.4, 0.5) is 0 Å². The molecular weight excluding hydrogens is 322 g/mol. The van der Waals surface area contributed by atoms with Gasteiger partial charge in [-0.15, -0.1) is 0 Å². The standard InChI is InChI=1S/C22H35N3O/c1-25(21-12-3-2-4-13-21)16-19-9-6-5-8-18(19)15-24-22(26)17-10-7-11-20(23)14-17/h5-6,8-9,17,20-21H,2-4,7,10-16,23H2,1H3,(H,24,26). The van der Waals surface area contributed by atoms with E-state index in [1.165, 1.54) is 43.2 Å². The van der Waals surface area contributed by atoms with Gasteiger partial charge in [0.1, 0.15) is 0 Å². The predicted molar refractivity (Wildman–Crippen MR) is 107 cm³/mol. The summed E-state index contributed by atoms with van der Waals surface area (Å²) in [5.74, 6) is 0.270. The number of rotatable bonds is 6. The molecule has 2 fully saturated rings. The van der Waals surface area contributed by atoms with Crippen molar-refractivity contribution in [3.8, 4) is 0 Å². The molecule has 0 heterocycles. The van der Waals surface area contributed by atoms with E-state index in [1.807, 2.05) is 0 Å². The van der Waals surface area contributed by atoms with Crippen molar-refractivity contribution in [1.29, 1.82) is 0 Å². The predicted octanol–water partition coefficient (Wildman–Crippen LogP) is 3.58. The van der Waals surface area contributed by atoms with Gasteiger partial charge in [-0.3, -0.25) is 9.69 Å². The molecule has 3 N–H and O–H groups in total. The van der Waals surface area contributed by atoms with Crippen molar-refractivity contribution in [3.63, 3.8) is 0 Å². The van der Waals surface area contributed by atoms with Crippen LogP contribution in [0.2, 0.25) is 0 Å². The largest absolute Gasteiger partial charge is 0.352 e. The Labute approximate surface area is 158 Å². The average Bonchev–Trinajstić information content (AvgIpc) is 2.67. The topological polar surface area (TPSA) is 58.4 Å². The van der Waals surface area contributed by atoms with Gasteiger partial charge >= 0.3 is 0 Å². The summed E-state index contributed by atoms with van der Waals surface area (Å²) in [7, 11) is 2.24. The first-order valence-corrected chi connectivity index (χ1v) is 10.4. The fourth-order valence-electron chi connectivity index (χ4n) is 4.60. The summed E-state index contributed by atoms with van der Waals surface area (Å²) in [5.41, 5.74) is 8.61. The molecule has 2 aliphatic rings. The molecular formula is C22H35N3O. The summed E-state index contributed by atoms with van der Waals surface area (Å²) in [6.07, 6.45) is 10.7. The maximum Gasteiger partial charge on any atom is 0.223 e. The smallest absolute Gasteiger partial charge is 0.223 e. The fourth-order valence-corrected chi connectivity index (χ4v) is 4.60. The summed E-state index contributed by atoms with van der Waals surface area (Å²) in [6.45, 7) is 1.59. The lowest BCUT2D eigenvalue weighted by molar-refractivity contribution is -0.126. The highest BCUT2D eigenvalue weighted by Gasteiger charge is 2.25. The SMILES string of the molecule is CN(Cc1ccccc1CNC(=O)C1CCCC(N)C1)C1CCCCC1. The summed E-state index contributed by atoms with van der Waals surface area (Å²) < 4.78 is 0. The number of amides is 1. The maximum absolute atomic E-state index is 12.5. The number of nitrogens with one attached hydrogen (secondary N) is 1. The van der Waals surface area contributed by atoms with Crippen molar-refractivity contribution in [1.82, 2.24) is 10.2 Å². The lowest BCUT2D eigenvalue weighted by Crippen LogP contribution is -2.37. The molecule has 0 spiro atoms. The number of carbonyl (C=O) groups excluding carboxylic acids is 1. The second-order valence-corrected chi connectivity index (χ2v) is 8.32. The van der Waals surface area contributed by atoms with E-state index < -0.39 is 0 Å². The molecule has 2 atom stereocenters. The monoisotopic (exact) mass is 357 g/mol. The molecule has 1 aromatic rings. The number of nitrogens with two attached hydrogens (primary N) is 1. The molecule has 0 aromatic heterocycles. The van der Waals surface area contributed by atoms with Gasteiger partial charge in [0.15, 0.2) is 0 Å². The van der Waals surface area contributed by atoms with Crippen LogP contribution in [-0.2, 0) is 17.9 Å². The summed E-state index contributed by atoms with van der Waals surface area (Å²) in [4.78, 5) is 15.0. The quantitative estimate of drug-likeness (QED) is 0.818. The molecule has 4 heteroatoms. The van der Waals surface area contributed by atoms with E-state index in [2.05, 4.69) is 41.5 Å². The highest BCUT2D eigenvalue weighted by atomic mass is 16.1. The number of benzene rings is 1. The molecule has 0 saturated heterocycles. The Morgan fingerprint density at radius 2 is 1.81 bits per heavy atom. The molecule has 4 nitrogen and oxygen atoms in total. The van der Waals surface area contributed by atoms with Gasteiger partial charge in [0.2, 0.25) is 5.91 Å². The second-order valence-electron chi connectivity index (χ2n) is 8.32. The summed E-state index contributed by atoms with van der Waals surface area (Å²) in [5, 5.41) is 3.17. The molecule has 2 aliphatic carbocycles. The van der Waals surface area contributed by atoms with Crippen LogP contribution < -0.4 is 11.1 Å². The van der Waals surface area contributed by atoms with Crippen molar-refractivity contribution in [3.05, 3.63) is 35.4 Å². The average molecular weight is 358 g/mol. The van der Waals surface area contributed by atoms with Crippen molar-refractivity contribution in [2.45, 2.75) is 83.0 Å². The van der Waals surface area contributed by atoms with Crippen molar-refractivity contribution in [2.75, 3.05) is 7.05 Å². The second kappa shape index (κ2) is 9.52. The normalized spacial score (nSPS) is 24.6. The van der Waals surface area contributed by atoms with Crippen molar-refractivity contribution >= 4 is 5.91 Å². The van der Waals surface area contributed by atoms with E-state index in [0.29, 0.717) is 12.6 Å². The first kappa shape index (κ1) is 19.4. The highest BCUT2D eigenvalue weighted by Crippen LogP contribution is 2.25. The lowest BCUT2D eigenvalue weighted by Gasteiger charge is -2.31. The van der Waals surface area contributed by atoms with Gasteiger partial charge in [0, 0.05) is 31.1 Å². The van der Waals surface area contributed by atoms with Gasteiger partial charge < -0.3 is 11.1 Å². The zero-order chi connectivity index (χ0) is 18.4. The highest BCUT2D eigenvalue weighted by molar-refractivity contribution is 5.78. The number of nitrogens with zero attached hydrogens (tertiary/aromatic N) is 1. The van der Waals surface area contributed by atoms with Crippen molar-refractivity contribution in [2.24, 2.45) is 11.7 Å². The third-order valence-corrected chi connectivity index (χ3v) is 6.27. The Kier molecular flexibility index (Phi) is 7.09. The molecule has 26 heavy (non-hydrogen) atoms. The molecule has 144 valence electrons. The van der Waals surface area contributed by atoms with Crippen LogP contribution in [0.5, 0.6) is 0 Å². The summed E-state index contributed by atoms with van der Waals surface area (Å²) in [6, 6.07) is 9.43. The molecule has 2 unspecified atom stereocenters. The van der Waals surface area contributed by atoms with Crippen LogP contribution in [0.25, 0.3) is 0 Å². The Bertz CT molecular complexity index is 583. The lowest BCUT2D eigenvalue weighted by atomic mass is 9.85. The Morgan fingerprint density at radius 1 is 1.08 bits per heavy atom. The number of hydrogen-bond acceptors (Lipinski definition) is 3. The van der Waals surface area contributed by atoms with E-state index >= 15 is 0 Å². The van der Waals surface area contributed by atoms with E-state index in [-0.39, 0.29) is 17.9 Å². The van der Waals surface area contributed by atoms with Crippen LogP contribution >= 0.6 is 0 Å². The molecule has 2 saturated carbocycles. The van der Waals surface area contributed by atoms with Crippen LogP contribution in [0, 0.1) is 5.92 Å². The maximum atomic E-state index is 12.5. The van der Waals surface area contributed by atoms with Crippen LogP contribution in [0.15, 0.2) is 24.3 Å². The van der Waals surface area contributed by atoms with E-state index in [9.17, 15) is 4.79 Å². The van der Waals surface area contributed by atoms with Crippen molar-refractivity contribution < 1.29 is 4.79 Å². The minimum atomic E-state index is 0.0934.